The molecule has 0 aliphatic rings. The van der Waals surface area contributed by atoms with Crippen molar-refractivity contribution < 1.29 is 9.84 Å². The number of likely N-dealkylation sites (N-methyl/N-ethyl adjacent to an activating group) is 1. The van der Waals surface area contributed by atoms with E-state index in [0.29, 0.717) is 18.7 Å². The topological polar surface area (TPSA) is 82.6 Å². The Kier molecular flexibility index (Phi) is 5.32. The number of nitrogen functional groups attached to an aromatic ring is 1. The summed E-state index contributed by atoms with van der Waals surface area (Å²) < 4.78 is 5.59. The zero-order chi connectivity index (χ0) is 14.5. The molecule has 5 nitrogen and oxygen atoms in total. The fraction of sp³-hybridized carbons (Fsp3) is 0.500. The van der Waals surface area contributed by atoms with Gasteiger partial charge >= 0.3 is 0 Å². The molecule has 0 spiro atoms. The lowest BCUT2D eigenvalue weighted by molar-refractivity contribution is 0.0411. The van der Waals surface area contributed by atoms with E-state index in [9.17, 15) is 5.11 Å². The van der Waals surface area contributed by atoms with Crippen LogP contribution in [0.15, 0.2) is 24.3 Å². The number of hydrogen-bond donors (Lipinski definition) is 3. The van der Waals surface area contributed by atoms with Crippen LogP contribution in [0.4, 0.5) is 0 Å². The average Bonchev–Trinajstić information content (AvgIpc) is 2.27. The molecule has 0 amide bonds. The van der Waals surface area contributed by atoms with Gasteiger partial charge in [-0.2, -0.15) is 0 Å². The molecule has 0 atom stereocenters. The molecule has 0 aliphatic heterocycles. The van der Waals surface area contributed by atoms with Crippen molar-refractivity contribution in [2.45, 2.75) is 19.4 Å². The smallest absolute Gasteiger partial charge is 0.122 e. The molecule has 4 N–H and O–H groups in total. The molecule has 19 heavy (non-hydrogen) atoms. The molecule has 1 aromatic rings. The van der Waals surface area contributed by atoms with Crippen molar-refractivity contribution >= 4 is 5.84 Å². The van der Waals surface area contributed by atoms with Gasteiger partial charge in [0.1, 0.15) is 18.2 Å². The summed E-state index contributed by atoms with van der Waals surface area (Å²) in [5.74, 6) is 0.804. The van der Waals surface area contributed by atoms with Gasteiger partial charge in [-0.25, -0.2) is 0 Å². The van der Waals surface area contributed by atoms with Gasteiger partial charge < -0.3 is 20.5 Å². The van der Waals surface area contributed by atoms with Crippen molar-refractivity contribution in [1.29, 1.82) is 5.41 Å². The summed E-state index contributed by atoms with van der Waals surface area (Å²) in [5.41, 5.74) is 5.36. The quantitative estimate of drug-likeness (QED) is 0.508. The second-order valence-electron chi connectivity index (χ2n) is 5.34. The van der Waals surface area contributed by atoms with Crippen molar-refractivity contribution in [1.82, 2.24) is 4.90 Å². The molecule has 0 aliphatic carbocycles. The van der Waals surface area contributed by atoms with E-state index in [1.54, 1.807) is 38.1 Å². The van der Waals surface area contributed by atoms with Gasteiger partial charge in [0, 0.05) is 18.7 Å². The number of rotatable bonds is 7. The van der Waals surface area contributed by atoms with Gasteiger partial charge in [0.25, 0.3) is 0 Å². The maximum Gasteiger partial charge on any atom is 0.122 e. The SMILES string of the molecule is CN(CCOc1ccc(C(=N)N)cc1)CC(C)(C)O. The molecule has 0 unspecified atom stereocenters. The number of benzene rings is 1. The summed E-state index contributed by atoms with van der Waals surface area (Å²) in [6.07, 6.45) is 0. The Bertz CT molecular complexity index is 410. The monoisotopic (exact) mass is 265 g/mol. The molecule has 5 heteroatoms. The van der Waals surface area contributed by atoms with Crippen molar-refractivity contribution in [3.05, 3.63) is 29.8 Å². The molecule has 1 rings (SSSR count). The minimum Gasteiger partial charge on any atom is -0.492 e. The third-order valence-corrected chi connectivity index (χ3v) is 2.56. The first kappa shape index (κ1) is 15.5. The Labute approximate surface area is 114 Å². The lowest BCUT2D eigenvalue weighted by Crippen LogP contribution is -2.38. The number of nitrogens with two attached hydrogens (primary N) is 1. The van der Waals surface area contributed by atoms with Gasteiger partial charge in [-0.3, -0.25) is 5.41 Å². The van der Waals surface area contributed by atoms with Gasteiger partial charge in [-0.15, -0.1) is 0 Å². The van der Waals surface area contributed by atoms with Crippen LogP contribution in [0, 0.1) is 5.41 Å². The van der Waals surface area contributed by atoms with Crippen LogP contribution in [0.3, 0.4) is 0 Å². The first-order chi connectivity index (χ1) is 8.78. The van der Waals surface area contributed by atoms with Crippen LogP contribution in [0.25, 0.3) is 0 Å². The van der Waals surface area contributed by atoms with Crippen LogP contribution >= 0.6 is 0 Å². The highest BCUT2D eigenvalue weighted by molar-refractivity contribution is 5.94. The van der Waals surface area contributed by atoms with E-state index < -0.39 is 5.60 Å². The molecular formula is C14H23N3O2. The highest BCUT2D eigenvalue weighted by Crippen LogP contribution is 2.12. The zero-order valence-electron chi connectivity index (χ0n) is 11.8. The fourth-order valence-corrected chi connectivity index (χ4v) is 1.79. The Morgan fingerprint density at radius 2 is 1.95 bits per heavy atom. The highest BCUT2D eigenvalue weighted by atomic mass is 16.5. The average molecular weight is 265 g/mol. The number of nitrogens with one attached hydrogen (secondary N) is 1. The Hall–Kier alpha value is -1.59. The van der Waals surface area contributed by atoms with E-state index in [-0.39, 0.29) is 5.84 Å². The Morgan fingerprint density at radius 1 is 1.37 bits per heavy atom. The third kappa shape index (κ3) is 6.22. The second-order valence-corrected chi connectivity index (χ2v) is 5.34. The summed E-state index contributed by atoms with van der Waals surface area (Å²) >= 11 is 0. The van der Waals surface area contributed by atoms with Gasteiger partial charge in [0.05, 0.1) is 5.60 Å². The van der Waals surface area contributed by atoms with Crippen LogP contribution in [-0.2, 0) is 0 Å². The van der Waals surface area contributed by atoms with E-state index in [1.165, 1.54) is 0 Å². The Balaban J connectivity index is 2.35. The summed E-state index contributed by atoms with van der Waals surface area (Å²) in [7, 11) is 1.94. The predicted molar refractivity (Wildman–Crippen MR) is 76.7 cm³/mol. The van der Waals surface area contributed by atoms with E-state index in [1.807, 2.05) is 11.9 Å². The van der Waals surface area contributed by atoms with E-state index >= 15 is 0 Å². The summed E-state index contributed by atoms with van der Waals surface area (Å²) in [5, 5.41) is 17.0. The summed E-state index contributed by atoms with van der Waals surface area (Å²) in [6, 6.07) is 7.12. The molecule has 0 fully saturated rings. The zero-order valence-corrected chi connectivity index (χ0v) is 11.8. The van der Waals surface area contributed by atoms with Crippen LogP contribution in [-0.4, -0.2) is 48.2 Å². The molecule has 0 saturated heterocycles. The van der Waals surface area contributed by atoms with Crippen LogP contribution in [0.2, 0.25) is 0 Å². The van der Waals surface area contributed by atoms with Crippen LogP contribution in [0.5, 0.6) is 5.75 Å². The maximum atomic E-state index is 9.67. The van der Waals surface area contributed by atoms with E-state index in [0.717, 1.165) is 12.3 Å². The van der Waals surface area contributed by atoms with E-state index in [4.69, 9.17) is 15.9 Å². The summed E-state index contributed by atoms with van der Waals surface area (Å²) in [4.78, 5) is 2.02. The first-order valence-electron chi connectivity index (χ1n) is 6.26. The number of nitrogens with zero attached hydrogens (tertiary/aromatic N) is 1. The fourth-order valence-electron chi connectivity index (χ4n) is 1.79. The second kappa shape index (κ2) is 6.54. The predicted octanol–water partition coefficient (Wildman–Crippen LogP) is 1.05. The highest BCUT2D eigenvalue weighted by Gasteiger charge is 2.15. The van der Waals surface area contributed by atoms with Crippen molar-refractivity contribution in [2.24, 2.45) is 5.73 Å². The molecule has 106 valence electrons. The largest absolute Gasteiger partial charge is 0.492 e. The lowest BCUT2D eigenvalue weighted by atomic mass is 10.1. The van der Waals surface area contributed by atoms with E-state index in [2.05, 4.69) is 0 Å². The molecule has 1 aromatic carbocycles. The van der Waals surface area contributed by atoms with Crippen molar-refractivity contribution in [3.63, 3.8) is 0 Å². The minimum atomic E-state index is -0.697. The molecular weight excluding hydrogens is 242 g/mol. The summed E-state index contributed by atoms with van der Waals surface area (Å²) in [6.45, 7) is 5.44. The van der Waals surface area contributed by atoms with Gasteiger partial charge in [-0.05, 0) is 45.2 Å². The van der Waals surface area contributed by atoms with Crippen molar-refractivity contribution in [2.75, 3.05) is 26.7 Å². The normalized spacial score (nSPS) is 11.6. The maximum absolute atomic E-state index is 9.67. The number of aliphatic hydroxyl groups is 1. The Morgan fingerprint density at radius 3 is 2.42 bits per heavy atom. The molecule has 0 saturated carbocycles. The number of ether oxygens (including phenoxy) is 1. The van der Waals surface area contributed by atoms with Crippen LogP contribution < -0.4 is 10.5 Å². The van der Waals surface area contributed by atoms with Crippen molar-refractivity contribution in [3.8, 4) is 5.75 Å². The molecule has 0 aromatic heterocycles. The standard InChI is InChI=1S/C14H23N3O2/c1-14(2,18)10-17(3)8-9-19-12-6-4-11(5-7-12)13(15)16/h4-7,18H,8-10H2,1-3H3,(H3,15,16). The lowest BCUT2D eigenvalue weighted by Gasteiger charge is -2.25. The molecule has 0 radical (unpaired) electrons. The molecule has 0 bridgehead atoms. The molecule has 0 heterocycles. The number of hydrogen-bond acceptors (Lipinski definition) is 4. The first-order valence-corrected chi connectivity index (χ1v) is 6.26. The van der Waals surface area contributed by atoms with Gasteiger partial charge in [0.15, 0.2) is 0 Å². The van der Waals surface area contributed by atoms with Crippen LogP contribution in [0.1, 0.15) is 19.4 Å². The van der Waals surface area contributed by atoms with Gasteiger partial charge in [0.2, 0.25) is 0 Å². The number of amidine groups is 1. The van der Waals surface area contributed by atoms with Gasteiger partial charge in [-0.1, -0.05) is 0 Å². The minimum absolute atomic E-state index is 0.0523. The third-order valence-electron chi connectivity index (χ3n) is 2.56.